The molecule has 1 aromatic rings. The second-order valence-electron chi connectivity index (χ2n) is 4.48. The van der Waals surface area contributed by atoms with Crippen LogP contribution in [0.25, 0.3) is 6.08 Å². The quantitative estimate of drug-likeness (QED) is 0.589. The lowest BCUT2D eigenvalue weighted by Crippen LogP contribution is -2.11. The molecule has 3 nitrogen and oxygen atoms in total. The number of carbonyl (C=O) groups excluding carboxylic acids is 1. The predicted octanol–water partition coefficient (Wildman–Crippen LogP) is 3.68. The summed E-state index contributed by atoms with van der Waals surface area (Å²) in [6, 6.07) is 5.49. The molecule has 0 fully saturated rings. The molecular formula is C15H20O3. The zero-order valence-electron chi connectivity index (χ0n) is 11.4. The van der Waals surface area contributed by atoms with Crippen molar-refractivity contribution in [3.63, 3.8) is 0 Å². The van der Waals surface area contributed by atoms with Crippen molar-refractivity contribution in [2.45, 2.75) is 27.2 Å². The van der Waals surface area contributed by atoms with E-state index in [9.17, 15) is 4.79 Å². The van der Waals surface area contributed by atoms with Gasteiger partial charge in [0.25, 0.3) is 0 Å². The van der Waals surface area contributed by atoms with Crippen LogP contribution in [0.5, 0.6) is 11.5 Å². The number of carbonyl (C=O) groups is 1. The lowest BCUT2D eigenvalue weighted by Gasteiger charge is -2.10. The zero-order chi connectivity index (χ0) is 13.5. The molecule has 0 spiro atoms. The van der Waals surface area contributed by atoms with Gasteiger partial charge in [-0.1, -0.05) is 32.1 Å². The maximum Gasteiger partial charge on any atom is 0.311 e. The topological polar surface area (TPSA) is 35.5 Å². The van der Waals surface area contributed by atoms with Gasteiger partial charge >= 0.3 is 5.97 Å². The second-order valence-corrected chi connectivity index (χ2v) is 4.48. The highest BCUT2D eigenvalue weighted by Crippen LogP contribution is 2.29. The Balaban J connectivity index is 2.85. The van der Waals surface area contributed by atoms with E-state index in [2.05, 4.69) is 0 Å². The standard InChI is InChI=1S/C15H20O3/c1-5-6-12-7-8-13(14(10-12)17-4)18-15(16)9-11(2)3/h5-8,10-11H,9H2,1-4H3/b6-5-. The van der Waals surface area contributed by atoms with E-state index >= 15 is 0 Å². The van der Waals surface area contributed by atoms with Gasteiger partial charge in [0.2, 0.25) is 0 Å². The largest absolute Gasteiger partial charge is 0.493 e. The van der Waals surface area contributed by atoms with E-state index in [4.69, 9.17) is 9.47 Å². The number of hydrogen-bond acceptors (Lipinski definition) is 3. The van der Waals surface area contributed by atoms with Crippen LogP contribution in [0.1, 0.15) is 32.8 Å². The monoisotopic (exact) mass is 248 g/mol. The number of rotatable bonds is 5. The molecule has 1 rings (SSSR count). The van der Waals surface area contributed by atoms with Crippen LogP contribution in [0.2, 0.25) is 0 Å². The Bertz CT molecular complexity index is 433. The molecule has 0 aromatic heterocycles. The van der Waals surface area contributed by atoms with Gasteiger partial charge in [0.15, 0.2) is 11.5 Å². The predicted molar refractivity (Wildman–Crippen MR) is 72.8 cm³/mol. The first kappa shape index (κ1) is 14.3. The third kappa shape index (κ3) is 4.24. The molecule has 1 aromatic carbocycles. The van der Waals surface area contributed by atoms with Gasteiger partial charge in [-0.25, -0.2) is 0 Å². The minimum Gasteiger partial charge on any atom is -0.493 e. The molecule has 3 heteroatoms. The van der Waals surface area contributed by atoms with Gasteiger partial charge in [-0.15, -0.1) is 0 Å². The number of benzene rings is 1. The van der Waals surface area contributed by atoms with Crippen molar-refractivity contribution in [3.05, 3.63) is 29.8 Å². The van der Waals surface area contributed by atoms with Gasteiger partial charge in [-0.2, -0.15) is 0 Å². The third-order valence-corrected chi connectivity index (χ3v) is 2.35. The maximum absolute atomic E-state index is 11.6. The Morgan fingerprint density at radius 1 is 1.33 bits per heavy atom. The third-order valence-electron chi connectivity index (χ3n) is 2.35. The summed E-state index contributed by atoms with van der Waals surface area (Å²) in [7, 11) is 1.56. The number of esters is 1. The lowest BCUT2D eigenvalue weighted by molar-refractivity contribution is -0.135. The van der Waals surface area contributed by atoms with Crippen LogP contribution in [0, 0.1) is 5.92 Å². The highest BCUT2D eigenvalue weighted by molar-refractivity contribution is 5.73. The maximum atomic E-state index is 11.6. The fourth-order valence-electron chi connectivity index (χ4n) is 1.56. The van der Waals surface area contributed by atoms with Crippen LogP contribution >= 0.6 is 0 Å². The highest BCUT2D eigenvalue weighted by Gasteiger charge is 2.11. The molecule has 0 amide bonds. The van der Waals surface area contributed by atoms with E-state index in [1.807, 2.05) is 45.1 Å². The molecule has 0 aliphatic rings. The van der Waals surface area contributed by atoms with Crippen LogP contribution in [0.4, 0.5) is 0 Å². The van der Waals surface area contributed by atoms with E-state index in [1.165, 1.54) is 0 Å². The summed E-state index contributed by atoms with van der Waals surface area (Å²) in [6.07, 6.45) is 4.31. The Hall–Kier alpha value is -1.77. The first-order valence-electron chi connectivity index (χ1n) is 6.08. The molecule has 0 saturated carbocycles. The van der Waals surface area contributed by atoms with Crippen LogP contribution in [-0.2, 0) is 4.79 Å². The fourth-order valence-corrected chi connectivity index (χ4v) is 1.56. The van der Waals surface area contributed by atoms with Crippen molar-refractivity contribution >= 4 is 12.0 Å². The average Bonchev–Trinajstić information content (AvgIpc) is 2.30. The Morgan fingerprint density at radius 3 is 2.61 bits per heavy atom. The van der Waals surface area contributed by atoms with Gasteiger partial charge in [-0.3, -0.25) is 4.79 Å². The SMILES string of the molecule is C/C=C\c1ccc(OC(=O)CC(C)C)c(OC)c1. The van der Waals surface area contributed by atoms with Crippen molar-refractivity contribution in [2.24, 2.45) is 5.92 Å². The first-order valence-corrected chi connectivity index (χ1v) is 6.08. The molecule has 0 unspecified atom stereocenters. The smallest absolute Gasteiger partial charge is 0.311 e. The normalized spacial score (nSPS) is 10.9. The second kappa shape index (κ2) is 6.84. The number of methoxy groups -OCH3 is 1. The molecule has 98 valence electrons. The highest BCUT2D eigenvalue weighted by atomic mass is 16.6. The van der Waals surface area contributed by atoms with Gasteiger partial charge in [-0.05, 0) is 30.5 Å². The van der Waals surface area contributed by atoms with E-state index in [0.717, 1.165) is 5.56 Å². The van der Waals surface area contributed by atoms with Crippen molar-refractivity contribution in [3.8, 4) is 11.5 Å². The minimum absolute atomic E-state index is 0.234. The summed E-state index contributed by atoms with van der Waals surface area (Å²) < 4.78 is 10.5. The van der Waals surface area contributed by atoms with Gasteiger partial charge in [0.05, 0.1) is 7.11 Å². The minimum atomic E-state index is -0.234. The van der Waals surface area contributed by atoms with Crippen molar-refractivity contribution < 1.29 is 14.3 Å². The number of allylic oxidation sites excluding steroid dienone is 1. The van der Waals surface area contributed by atoms with Gasteiger partial charge < -0.3 is 9.47 Å². The number of ether oxygens (including phenoxy) is 2. The molecule has 0 heterocycles. The van der Waals surface area contributed by atoms with Crippen molar-refractivity contribution in [1.82, 2.24) is 0 Å². The van der Waals surface area contributed by atoms with E-state index in [1.54, 1.807) is 13.2 Å². The van der Waals surface area contributed by atoms with Crippen LogP contribution in [0.3, 0.4) is 0 Å². The Morgan fingerprint density at radius 2 is 2.06 bits per heavy atom. The van der Waals surface area contributed by atoms with Gasteiger partial charge in [0.1, 0.15) is 0 Å². The van der Waals surface area contributed by atoms with Crippen molar-refractivity contribution in [2.75, 3.05) is 7.11 Å². The molecule has 0 aliphatic heterocycles. The number of hydrogen-bond donors (Lipinski definition) is 0. The van der Waals surface area contributed by atoms with Crippen LogP contribution in [-0.4, -0.2) is 13.1 Å². The lowest BCUT2D eigenvalue weighted by atomic mass is 10.1. The Labute approximate surface area is 108 Å². The van der Waals surface area contributed by atoms with Crippen LogP contribution in [0.15, 0.2) is 24.3 Å². The van der Waals surface area contributed by atoms with Crippen molar-refractivity contribution in [1.29, 1.82) is 0 Å². The summed E-state index contributed by atoms with van der Waals surface area (Å²) in [5.41, 5.74) is 1.01. The fraction of sp³-hybridized carbons (Fsp3) is 0.400. The molecule has 18 heavy (non-hydrogen) atoms. The average molecular weight is 248 g/mol. The van der Waals surface area contributed by atoms with E-state index in [-0.39, 0.29) is 11.9 Å². The molecule has 0 radical (unpaired) electrons. The summed E-state index contributed by atoms with van der Waals surface area (Å²) in [6.45, 7) is 5.91. The molecule has 0 N–H and O–H groups in total. The molecule has 0 bridgehead atoms. The summed E-state index contributed by atoms with van der Waals surface area (Å²) in [4.78, 5) is 11.6. The van der Waals surface area contributed by atoms with E-state index < -0.39 is 0 Å². The molecule has 0 aliphatic carbocycles. The first-order chi connectivity index (χ1) is 8.56. The summed E-state index contributed by atoms with van der Waals surface area (Å²) >= 11 is 0. The molecular weight excluding hydrogens is 228 g/mol. The Kier molecular flexibility index (Phi) is 5.43. The summed E-state index contributed by atoms with van der Waals surface area (Å²) in [5, 5.41) is 0. The van der Waals surface area contributed by atoms with E-state index in [0.29, 0.717) is 17.9 Å². The zero-order valence-corrected chi connectivity index (χ0v) is 11.4. The molecule has 0 saturated heterocycles. The summed E-state index contributed by atoms with van der Waals surface area (Å²) in [5.74, 6) is 1.09. The molecule has 0 atom stereocenters. The van der Waals surface area contributed by atoms with Crippen LogP contribution < -0.4 is 9.47 Å². The van der Waals surface area contributed by atoms with Gasteiger partial charge in [0, 0.05) is 6.42 Å².